The minimum atomic E-state index is -0.858. The molecule has 0 saturated carbocycles. The van der Waals surface area contributed by atoms with Crippen molar-refractivity contribution in [1.82, 2.24) is 9.88 Å². The third-order valence-corrected chi connectivity index (χ3v) is 5.40. The first-order chi connectivity index (χ1) is 19.4. The summed E-state index contributed by atoms with van der Waals surface area (Å²) in [7, 11) is 0. The van der Waals surface area contributed by atoms with Gasteiger partial charge in [-0.1, -0.05) is 75.0 Å². The maximum Gasteiger partial charge on any atom is 0.307 e. The van der Waals surface area contributed by atoms with Gasteiger partial charge in [0.05, 0.1) is 24.5 Å². The van der Waals surface area contributed by atoms with Crippen molar-refractivity contribution >= 4 is 11.7 Å². The number of likely N-dealkylation sites (tertiary alicyclic amines) is 1. The van der Waals surface area contributed by atoms with Crippen molar-refractivity contribution in [2.75, 3.05) is 26.2 Å². The van der Waals surface area contributed by atoms with Crippen molar-refractivity contribution in [2.45, 2.75) is 79.8 Å². The van der Waals surface area contributed by atoms with Crippen molar-refractivity contribution in [2.24, 2.45) is 5.16 Å². The maximum absolute atomic E-state index is 10.6. The Morgan fingerprint density at radius 1 is 1.15 bits per heavy atom. The number of aliphatic carboxylic acids is 1. The summed E-state index contributed by atoms with van der Waals surface area (Å²) in [5.74, 6) is 0.145. The second-order valence-electron chi connectivity index (χ2n) is 8.33. The number of nitrogens with zero attached hydrogens (tertiary/aromatic N) is 3. The van der Waals surface area contributed by atoms with Gasteiger partial charge in [0.25, 0.3) is 0 Å². The molecule has 1 saturated heterocycles. The minimum absolute atomic E-state index is 0.0184. The highest BCUT2D eigenvalue weighted by Crippen LogP contribution is 2.16. The fourth-order valence-corrected chi connectivity index (χ4v) is 3.26. The van der Waals surface area contributed by atoms with Crippen LogP contribution in [0.2, 0.25) is 0 Å². The van der Waals surface area contributed by atoms with Crippen molar-refractivity contribution < 1.29 is 19.5 Å². The van der Waals surface area contributed by atoms with Crippen LogP contribution in [0.4, 0.5) is 0 Å². The number of rotatable bonds is 13. The summed E-state index contributed by atoms with van der Waals surface area (Å²) < 4.78 is 5.05. The van der Waals surface area contributed by atoms with Gasteiger partial charge in [0.1, 0.15) is 6.10 Å². The van der Waals surface area contributed by atoms with E-state index in [9.17, 15) is 4.79 Å². The molecule has 0 spiro atoms. The third-order valence-electron chi connectivity index (χ3n) is 5.40. The Bertz CT molecular complexity index is 858. The molecule has 224 valence electrons. The number of carbonyl (C=O) groups is 1. The van der Waals surface area contributed by atoms with Crippen LogP contribution in [0.25, 0.3) is 0 Å². The largest absolute Gasteiger partial charge is 0.499 e. The Morgan fingerprint density at radius 3 is 2.20 bits per heavy atom. The highest BCUT2D eigenvalue weighted by Gasteiger charge is 2.20. The van der Waals surface area contributed by atoms with Crippen LogP contribution in [0, 0.1) is 0 Å². The molecule has 1 aliphatic heterocycles. The van der Waals surface area contributed by atoms with Crippen LogP contribution in [0.3, 0.4) is 0 Å². The topological polar surface area (TPSA) is 84.2 Å². The molecule has 0 aliphatic carbocycles. The average molecular weight is 556 g/mol. The van der Waals surface area contributed by atoms with Gasteiger partial charge in [-0.3, -0.25) is 9.78 Å². The third kappa shape index (κ3) is 22.5. The first-order valence-corrected chi connectivity index (χ1v) is 14.3. The molecule has 2 heterocycles. The lowest BCUT2D eigenvalue weighted by Crippen LogP contribution is -2.37. The van der Waals surface area contributed by atoms with Crippen molar-refractivity contribution in [3.63, 3.8) is 0 Å². The summed E-state index contributed by atoms with van der Waals surface area (Å²) in [5, 5.41) is 13.1. The Labute approximate surface area is 243 Å². The normalized spacial score (nSPS) is 14.4. The molecule has 0 aromatic carbocycles. The molecule has 0 atom stereocenters. The van der Waals surface area contributed by atoms with Crippen LogP contribution < -0.4 is 0 Å². The number of oxime groups is 1. The van der Waals surface area contributed by atoms with E-state index in [2.05, 4.69) is 28.2 Å². The molecule has 1 aromatic rings. The lowest BCUT2D eigenvalue weighted by Gasteiger charge is -2.30. The van der Waals surface area contributed by atoms with Gasteiger partial charge < -0.3 is 19.6 Å². The molecule has 40 heavy (non-hydrogen) atoms. The lowest BCUT2D eigenvalue weighted by atomic mass is 10.1. The molecule has 7 nitrogen and oxygen atoms in total. The summed E-state index contributed by atoms with van der Waals surface area (Å²) >= 11 is 0. The van der Waals surface area contributed by atoms with Gasteiger partial charge in [0, 0.05) is 32.0 Å². The standard InChI is InChI=1S/C20H30N2O3.C6H12O.C5H5N.C2H6/c1-4-7-14-22-15-12-18(13-16-22)25-21-19(6-3)17(9-5-2)10-8-11-20(23)24;1-4-6(3)7-5-2;1-2-4-6-5-3-1;1-2/h4-5,8-10,18H,1-2,6-7,11-16H2,3H3,(H,23,24);4H,5H2,1-3H3;1-5H;1-2H3/b10-8-,17-9+,21-19+;6-4-;;. The summed E-state index contributed by atoms with van der Waals surface area (Å²) in [6.07, 6.45) is 18.0. The molecule has 0 radical (unpaired) electrons. The summed E-state index contributed by atoms with van der Waals surface area (Å²) in [6.45, 7) is 23.2. The molecule has 0 bridgehead atoms. The van der Waals surface area contributed by atoms with E-state index in [-0.39, 0.29) is 12.5 Å². The Morgan fingerprint density at radius 2 is 1.80 bits per heavy atom. The van der Waals surface area contributed by atoms with E-state index < -0.39 is 5.97 Å². The predicted octanol–water partition coefficient (Wildman–Crippen LogP) is 8.01. The van der Waals surface area contributed by atoms with Crippen molar-refractivity contribution in [3.8, 4) is 0 Å². The van der Waals surface area contributed by atoms with E-state index in [1.165, 1.54) is 0 Å². The van der Waals surface area contributed by atoms with Gasteiger partial charge in [-0.2, -0.15) is 0 Å². The van der Waals surface area contributed by atoms with E-state index >= 15 is 0 Å². The summed E-state index contributed by atoms with van der Waals surface area (Å²) in [5.41, 5.74) is 1.64. The number of ether oxygens (including phenoxy) is 1. The lowest BCUT2D eigenvalue weighted by molar-refractivity contribution is -0.136. The molecule has 1 fully saturated rings. The number of piperidine rings is 1. The molecular formula is C33H53N3O4. The van der Waals surface area contributed by atoms with Crippen LogP contribution in [0.5, 0.6) is 0 Å². The SMILES string of the molecule is C/C=C(/C)OCC.C=C/C=C(\C=C/CC(=O)O)C(/CC)=N/OC1CCN(CCC=C)CC1.CC.c1ccncc1. The highest BCUT2D eigenvalue weighted by molar-refractivity contribution is 6.02. The monoisotopic (exact) mass is 555 g/mol. The first-order valence-electron chi connectivity index (χ1n) is 14.3. The van der Waals surface area contributed by atoms with E-state index in [1.807, 2.05) is 78.0 Å². The Hall–Kier alpha value is -3.45. The quantitative estimate of drug-likeness (QED) is 0.0872. The van der Waals surface area contributed by atoms with Crippen LogP contribution in [-0.2, 0) is 14.4 Å². The number of hydrogen-bond donors (Lipinski definition) is 1. The van der Waals surface area contributed by atoms with Crippen molar-refractivity contribution in [3.05, 3.63) is 91.5 Å². The number of hydrogen-bond acceptors (Lipinski definition) is 6. The minimum Gasteiger partial charge on any atom is -0.499 e. The van der Waals surface area contributed by atoms with E-state index in [0.29, 0.717) is 6.42 Å². The Kier molecular flexibility index (Phi) is 27.6. The molecule has 2 rings (SSSR count). The van der Waals surface area contributed by atoms with Crippen LogP contribution >= 0.6 is 0 Å². The van der Waals surface area contributed by atoms with E-state index in [0.717, 1.165) is 62.5 Å². The van der Waals surface area contributed by atoms with Gasteiger partial charge in [0.15, 0.2) is 0 Å². The number of carboxylic acids is 1. The Balaban J connectivity index is 0. The number of allylic oxidation sites excluding steroid dienone is 6. The fraction of sp³-hybridized carbons (Fsp3) is 0.485. The summed E-state index contributed by atoms with van der Waals surface area (Å²) in [6, 6.07) is 5.72. The van der Waals surface area contributed by atoms with Crippen molar-refractivity contribution in [1.29, 1.82) is 0 Å². The smallest absolute Gasteiger partial charge is 0.307 e. The summed E-state index contributed by atoms with van der Waals surface area (Å²) in [4.78, 5) is 22.6. The number of aromatic nitrogens is 1. The fourth-order valence-electron chi connectivity index (χ4n) is 3.26. The second-order valence-corrected chi connectivity index (χ2v) is 8.33. The average Bonchev–Trinajstić information content (AvgIpc) is 2.99. The molecule has 7 heteroatoms. The van der Waals surface area contributed by atoms with Crippen LogP contribution in [-0.4, -0.2) is 59.0 Å². The van der Waals surface area contributed by atoms with E-state index in [4.69, 9.17) is 14.7 Å². The highest BCUT2D eigenvalue weighted by atomic mass is 16.6. The van der Waals surface area contributed by atoms with Gasteiger partial charge in [-0.25, -0.2) is 0 Å². The van der Waals surface area contributed by atoms with Gasteiger partial charge in [0.2, 0.25) is 0 Å². The molecule has 1 N–H and O–H groups in total. The zero-order chi connectivity index (χ0) is 30.4. The maximum atomic E-state index is 10.6. The zero-order valence-electron chi connectivity index (χ0n) is 25.7. The molecule has 0 amide bonds. The van der Waals surface area contributed by atoms with E-state index in [1.54, 1.807) is 30.6 Å². The molecule has 1 aromatic heterocycles. The van der Waals surface area contributed by atoms with Gasteiger partial charge >= 0.3 is 5.97 Å². The van der Waals surface area contributed by atoms with Gasteiger partial charge in [-0.05, 0) is 64.2 Å². The zero-order valence-corrected chi connectivity index (χ0v) is 25.7. The molecular weight excluding hydrogens is 502 g/mol. The van der Waals surface area contributed by atoms with Crippen LogP contribution in [0.1, 0.15) is 73.6 Å². The number of pyridine rings is 1. The number of carboxylic acid groups (broad SMARTS) is 1. The molecule has 0 unspecified atom stereocenters. The van der Waals surface area contributed by atoms with Crippen LogP contribution in [0.15, 0.2) is 96.7 Å². The first kappa shape index (κ1) is 38.7. The van der Waals surface area contributed by atoms with Gasteiger partial charge in [-0.15, -0.1) is 6.58 Å². The molecule has 1 aliphatic rings. The predicted molar refractivity (Wildman–Crippen MR) is 169 cm³/mol. The second kappa shape index (κ2) is 28.6.